The highest BCUT2D eigenvalue weighted by Crippen LogP contribution is 2.30. The Balaban J connectivity index is 1.14. The zero-order valence-corrected chi connectivity index (χ0v) is 26.0. The molecule has 45 heavy (non-hydrogen) atoms. The molecule has 4 heterocycles. The molecule has 2 N–H and O–H groups in total. The van der Waals surface area contributed by atoms with Gasteiger partial charge in [0.25, 0.3) is 0 Å². The number of aryl methyl sites for hydroxylation is 1. The van der Waals surface area contributed by atoms with Crippen LogP contribution in [0.5, 0.6) is 0 Å². The van der Waals surface area contributed by atoms with Crippen molar-refractivity contribution in [1.29, 1.82) is 5.26 Å². The topological polar surface area (TPSA) is 151 Å². The van der Waals surface area contributed by atoms with Gasteiger partial charge in [0.15, 0.2) is 5.82 Å². The van der Waals surface area contributed by atoms with Crippen molar-refractivity contribution in [3.8, 4) is 17.2 Å². The summed E-state index contributed by atoms with van der Waals surface area (Å²) in [5.74, 6) is 2.80. The number of nitrogens with one attached hydrogen (secondary N) is 2. The van der Waals surface area contributed by atoms with Crippen LogP contribution in [0.2, 0.25) is 0 Å². The third-order valence-corrected chi connectivity index (χ3v) is 9.58. The summed E-state index contributed by atoms with van der Waals surface area (Å²) in [6.45, 7) is 1.62. The van der Waals surface area contributed by atoms with Gasteiger partial charge in [-0.05, 0) is 43.4 Å². The lowest BCUT2D eigenvalue weighted by Gasteiger charge is -2.36. The Morgan fingerprint density at radius 2 is 1.82 bits per heavy atom. The van der Waals surface area contributed by atoms with Gasteiger partial charge in [0.05, 0.1) is 25.5 Å². The van der Waals surface area contributed by atoms with E-state index in [-0.39, 0.29) is 18.1 Å². The summed E-state index contributed by atoms with van der Waals surface area (Å²) in [5.41, 5.74) is 3.34. The maximum absolute atomic E-state index is 13.7. The number of amides is 2. The lowest BCUT2D eigenvalue weighted by molar-refractivity contribution is 0.240. The molecule has 2 aliphatic rings. The molecule has 0 unspecified atom stereocenters. The average Bonchev–Trinajstić information content (AvgIpc) is 3.52. The van der Waals surface area contributed by atoms with Crippen LogP contribution in [-0.4, -0.2) is 72.0 Å². The lowest BCUT2D eigenvalue weighted by Crippen LogP contribution is -2.49. The van der Waals surface area contributed by atoms with E-state index in [1.165, 1.54) is 0 Å². The number of pyridine rings is 1. The highest BCUT2D eigenvalue weighted by Gasteiger charge is 2.31. The molecule has 0 atom stereocenters. The number of nitrogens with zero attached hydrogens (tertiary/aromatic N) is 8. The number of urea groups is 1. The summed E-state index contributed by atoms with van der Waals surface area (Å²) in [6.07, 6.45) is 10.2. The van der Waals surface area contributed by atoms with Crippen molar-refractivity contribution < 1.29 is 9.35 Å². The van der Waals surface area contributed by atoms with Gasteiger partial charge in [-0.3, -0.25) is 9.58 Å². The molecule has 6 rings (SSSR count). The van der Waals surface area contributed by atoms with Crippen LogP contribution in [0.4, 0.5) is 22.4 Å². The zero-order chi connectivity index (χ0) is 31.2. The lowest BCUT2D eigenvalue weighted by atomic mass is 9.90. The minimum absolute atomic E-state index is 0.0396. The summed E-state index contributed by atoms with van der Waals surface area (Å²) in [7, 11) is 1.88. The number of carbonyl (C=O) groups excluding carboxylic acids is 1. The van der Waals surface area contributed by atoms with E-state index in [1.807, 2.05) is 60.6 Å². The number of hydrogen-bond donors (Lipinski definition) is 2. The summed E-state index contributed by atoms with van der Waals surface area (Å²) in [5, 5.41) is 20.4. The Bertz CT molecular complexity index is 1630. The SMILES string of the molecule is Cn1cc(-c2ccc(N(C(=O)NCc3ccccc3)[C@H]3CC[C@H](Nc4ncc(C#N)c(N5CC[S+]([O-])CC5)n4)CC3)nc2)cn1. The number of carbonyl (C=O) groups is 1. The van der Waals surface area contributed by atoms with Gasteiger partial charge in [0, 0.05) is 49.2 Å². The molecule has 0 spiro atoms. The van der Waals surface area contributed by atoms with Crippen molar-refractivity contribution in [3.63, 3.8) is 0 Å². The van der Waals surface area contributed by atoms with Crippen molar-refractivity contribution in [1.82, 2.24) is 30.0 Å². The third-order valence-electron chi connectivity index (χ3n) is 8.30. The Morgan fingerprint density at radius 1 is 1.04 bits per heavy atom. The molecule has 1 aliphatic carbocycles. The predicted octanol–water partition coefficient (Wildman–Crippen LogP) is 3.85. The molecule has 1 saturated heterocycles. The van der Waals surface area contributed by atoms with Crippen molar-refractivity contribution in [3.05, 3.63) is 78.4 Å². The van der Waals surface area contributed by atoms with E-state index in [0.717, 1.165) is 42.4 Å². The van der Waals surface area contributed by atoms with Crippen molar-refractivity contribution in [2.45, 2.75) is 44.3 Å². The second-order valence-electron chi connectivity index (χ2n) is 11.3. The van der Waals surface area contributed by atoms with Gasteiger partial charge < -0.3 is 20.1 Å². The molecule has 1 aliphatic heterocycles. The van der Waals surface area contributed by atoms with Gasteiger partial charge in [0.2, 0.25) is 5.95 Å². The largest absolute Gasteiger partial charge is 0.616 e. The summed E-state index contributed by atoms with van der Waals surface area (Å²) >= 11 is -0.824. The summed E-state index contributed by atoms with van der Waals surface area (Å²) < 4.78 is 13.6. The number of nitriles is 1. The van der Waals surface area contributed by atoms with E-state index < -0.39 is 11.2 Å². The fourth-order valence-electron chi connectivity index (χ4n) is 5.86. The van der Waals surface area contributed by atoms with Crippen LogP contribution in [0.1, 0.15) is 36.8 Å². The van der Waals surface area contributed by atoms with Crippen LogP contribution >= 0.6 is 0 Å². The van der Waals surface area contributed by atoms with Crippen LogP contribution < -0.4 is 20.4 Å². The Hall–Kier alpha value is -4.67. The smallest absolute Gasteiger partial charge is 0.323 e. The summed E-state index contributed by atoms with van der Waals surface area (Å²) in [6, 6.07) is 15.8. The maximum atomic E-state index is 13.7. The number of benzene rings is 1. The molecular formula is C32H36N10O2S. The minimum Gasteiger partial charge on any atom is -0.616 e. The second-order valence-corrected chi connectivity index (χ2v) is 13.0. The van der Waals surface area contributed by atoms with E-state index >= 15 is 0 Å². The van der Waals surface area contributed by atoms with Crippen LogP contribution in [-0.2, 0) is 24.8 Å². The van der Waals surface area contributed by atoms with Crippen molar-refractivity contribution >= 4 is 34.8 Å². The third kappa shape index (κ3) is 7.35. The average molecular weight is 625 g/mol. The number of aromatic nitrogens is 5. The van der Waals surface area contributed by atoms with E-state index in [4.69, 9.17) is 9.97 Å². The molecule has 0 bridgehead atoms. The van der Waals surface area contributed by atoms with Gasteiger partial charge in [-0.1, -0.05) is 41.5 Å². The standard InChI is InChI=1S/C32H36N10O2S/c1-40-22-26(21-37-40)24-7-12-29(34-19-24)42(32(43)36-18-23-5-3-2-4-6-23)28-10-8-27(9-11-28)38-31-35-20-25(17-33)30(39-31)41-13-15-45(44)16-14-41/h2-7,12,19-22,27-28H,8-11,13-16,18H2,1H3,(H,36,43)(H,35,38,39)/t27-,28-. The monoisotopic (exact) mass is 624 g/mol. The minimum atomic E-state index is -0.824. The van der Waals surface area contributed by atoms with Gasteiger partial charge >= 0.3 is 6.03 Å². The fraction of sp³-hybridized carbons (Fsp3) is 0.375. The number of anilines is 3. The Kier molecular flexibility index (Phi) is 9.42. The van der Waals surface area contributed by atoms with E-state index in [0.29, 0.717) is 54.3 Å². The van der Waals surface area contributed by atoms with E-state index in [2.05, 4.69) is 26.8 Å². The van der Waals surface area contributed by atoms with Crippen molar-refractivity contribution in [2.24, 2.45) is 7.05 Å². The van der Waals surface area contributed by atoms with Gasteiger partial charge in [-0.2, -0.15) is 15.3 Å². The van der Waals surface area contributed by atoms with E-state index in [1.54, 1.807) is 28.2 Å². The van der Waals surface area contributed by atoms with Crippen LogP contribution in [0, 0.1) is 11.3 Å². The number of hydrogen-bond acceptors (Lipinski definition) is 9. The molecule has 0 radical (unpaired) electrons. The van der Waals surface area contributed by atoms with Gasteiger partial charge in [-0.25, -0.2) is 14.8 Å². The predicted molar refractivity (Wildman–Crippen MR) is 174 cm³/mol. The molecule has 2 amide bonds. The molecule has 232 valence electrons. The zero-order valence-electron chi connectivity index (χ0n) is 25.2. The van der Waals surface area contributed by atoms with E-state index in [9.17, 15) is 14.6 Å². The molecule has 1 aromatic carbocycles. The molecule has 13 heteroatoms. The van der Waals surface area contributed by atoms with Crippen molar-refractivity contribution in [2.75, 3.05) is 39.7 Å². The first-order chi connectivity index (χ1) is 22.0. The Morgan fingerprint density at radius 3 is 2.49 bits per heavy atom. The first-order valence-electron chi connectivity index (χ1n) is 15.2. The first kappa shape index (κ1) is 30.4. The molecular weight excluding hydrogens is 588 g/mol. The molecule has 2 fully saturated rings. The molecule has 1 saturated carbocycles. The summed E-state index contributed by atoms with van der Waals surface area (Å²) in [4.78, 5) is 31.3. The highest BCUT2D eigenvalue weighted by molar-refractivity contribution is 7.91. The normalized spacial score (nSPS) is 18.6. The maximum Gasteiger partial charge on any atom is 0.323 e. The first-order valence-corrected chi connectivity index (χ1v) is 16.7. The number of rotatable bonds is 8. The van der Waals surface area contributed by atoms with Gasteiger partial charge in [-0.15, -0.1) is 0 Å². The molecule has 12 nitrogen and oxygen atoms in total. The van der Waals surface area contributed by atoms with Gasteiger partial charge in [0.1, 0.15) is 29.0 Å². The Labute approximate surface area is 265 Å². The molecule has 4 aromatic rings. The molecule has 3 aromatic heterocycles. The van der Waals surface area contributed by atoms with Crippen LogP contribution in [0.3, 0.4) is 0 Å². The second kappa shape index (κ2) is 14.0. The quantitative estimate of drug-likeness (QED) is 0.279. The van der Waals surface area contributed by atoms with Crippen LogP contribution in [0.25, 0.3) is 11.1 Å². The fourth-order valence-corrected chi connectivity index (χ4v) is 6.91. The van der Waals surface area contributed by atoms with Crippen LogP contribution in [0.15, 0.2) is 67.3 Å². The highest BCUT2D eigenvalue weighted by atomic mass is 32.2.